The van der Waals surface area contributed by atoms with E-state index in [0.29, 0.717) is 6.54 Å². The van der Waals surface area contributed by atoms with Crippen LogP contribution in [-0.4, -0.2) is 37.5 Å². The minimum atomic E-state index is 0.140. The first-order valence-corrected chi connectivity index (χ1v) is 4.28. The zero-order chi connectivity index (χ0) is 9.40. The number of carbonyl (C=O) groups is 1. The summed E-state index contributed by atoms with van der Waals surface area (Å²) < 4.78 is 0. The van der Waals surface area contributed by atoms with Gasteiger partial charge in [0, 0.05) is 13.6 Å². The summed E-state index contributed by atoms with van der Waals surface area (Å²) >= 11 is 0. The van der Waals surface area contributed by atoms with Crippen molar-refractivity contribution in [2.24, 2.45) is 0 Å². The molecule has 0 unspecified atom stereocenters. The van der Waals surface area contributed by atoms with Crippen LogP contribution < -0.4 is 5.32 Å². The van der Waals surface area contributed by atoms with Gasteiger partial charge in [-0.05, 0) is 19.9 Å². The second-order valence-corrected chi connectivity index (χ2v) is 2.66. The maximum Gasteiger partial charge on any atom is 0.236 e. The molecule has 0 heterocycles. The van der Waals surface area contributed by atoms with Gasteiger partial charge in [-0.2, -0.15) is 0 Å². The van der Waals surface area contributed by atoms with Crippen molar-refractivity contribution in [3.63, 3.8) is 0 Å². The molecule has 0 aromatic rings. The van der Waals surface area contributed by atoms with Gasteiger partial charge in [0.05, 0.1) is 6.54 Å². The van der Waals surface area contributed by atoms with E-state index in [9.17, 15) is 4.79 Å². The van der Waals surface area contributed by atoms with Crippen molar-refractivity contribution >= 4 is 5.91 Å². The molecule has 0 aliphatic carbocycles. The Kier molecular flexibility index (Phi) is 6.38. The predicted molar refractivity (Wildman–Crippen MR) is 51.0 cm³/mol. The number of hydrogen-bond donors (Lipinski definition) is 1. The number of rotatable bonds is 6. The Bertz CT molecular complexity index is 145. The first-order chi connectivity index (χ1) is 5.72. The minimum absolute atomic E-state index is 0.140. The SMILES string of the molecule is C=CCCNCC(=O)N(C)CC. The molecule has 0 bridgehead atoms. The van der Waals surface area contributed by atoms with Crippen LogP contribution >= 0.6 is 0 Å². The Hall–Kier alpha value is -0.830. The van der Waals surface area contributed by atoms with Gasteiger partial charge >= 0.3 is 0 Å². The number of hydrogen-bond acceptors (Lipinski definition) is 2. The van der Waals surface area contributed by atoms with Gasteiger partial charge in [-0.1, -0.05) is 6.08 Å². The van der Waals surface area contributed by atoms with Gasteiger partial charge in [0.15, 0.2) is 0 Å². The number of nitrogens with one attached hydrogen (secondary N) is 1. The third-order valence-corrected chi connectivity index (χ3v) is 1.70. The van der Waals surface area contributed by atoms with Crippen LogP contribution in [0.15, 0.2) is 12.7 Å². The molecule has 1 amide bonds. The molecule has 0 saturated carbocycles. The van der Waals surface area contributed by atoms with Crippen LogP contribution in [0.2, 0.25) is 0 Å². The lowest BCUT2D eigenvalue weighted by atomic mass is 10.4. The molecule has 0 spiro atoms. The minimum Gasteiger partial charge on any atom is -0.345 e. The topological polar surface area (TPSA) is 32.3 Å². The fraction of sp³-hybridized carbons (Fsp3) is 0.667. The number of amides is 1. The molecule has 70 valence electrons. The van der Waals surface area contributed by atoms with E-state index >= 15 is 0 Å². The molecule has 0 aromatic carbocycles. The molecule has 12 heavy (non-hydrogen) atoms. The summed E-state index contributed by atoms with van der Waals surface area (Å²) in [6, 6.07) is 0. The molecule has 0 aromatic heterocycles. The summed E-state index contributed by atoms with van der Waals surface area (Å²) in [5.74, 6) is 0.140. The number of nitrogens with zero attached hydrogens (tertiary/aromatic N) is 1. The van der Waals surface area contributed by atoms with E-state index in [0.717, 1.165) is 19.5 Å². The molecule has 0 atom stereocenters. The maximum absolute atomic E-state index is 11.2. The third-order valence-electron chi connectivity index (χ3n) is 1.70. The molecule has 1 N–H and O–H groups in total. The van der Waals surface area contributed by atoms with Crippen LogP contribution in [0.25, 0.3) is 0 Å². The second kappa shape index (κ2) is 6.85. The second-order valence-electron chi connectivity index (χ2n) is 2.66. The highest BCUT2D eigenvalue weighted by atomic mass is 16.2. The van der Waals surface area contributed by atoms with Gasteiger partial charge in [0.2, 0.25) is 5.91 Å². The maximum atomic E-state index is 11.2. The fourth-order valence-electron chi connectivity index (χ4n) is 0.711. The van der Waals surface area contributed by atoms with Gasteiger partial charge in [-0.3, -0.25) is 4.79 Å². The van der Waals surface area contributed by atoms with Crippen molar-refractivity contribution in [1.29, 1.82) is 0 Å². The van der Waals surface area contributed by atoms with Crippen molar-refractivity contribution in [2.75, 3.05) is 26.7 Å². The molecule has 3 heteroatoms. The van der Waals surface area contributed by atoms with Crippen molar-refractivity contribution in [3.05, 3.63) is 12.7 Å². The highest BCUT2D eigenvalue weighted by molar-refractivity contribution is 5.77. The lowest BCUT2D eigenvalue weighted by Gasteiger charge is -2.14. The summed E-state index contributed by atoms with van der Waals surface area (Å²) in [6.07, 6.45) is 2.74. The molecule has 0 rings (SSSR count). The molecule has 0 aliphatic rings. The van der Waals surface area contributed by atoms with Gasteiger partial charge < -0.3 is 10.2 Å². The first kappa shape index (κ1) is 11.2. The molecule has 0 radical (unpaired) electrons. The lowest BCUT2D eigenvalue weighted by molar-refractivity contribution is -0.128. The Balaban J connectivity index is 3.37. The fourth-order valence-corrected chi connectivity index (χ4v) is 0.711. The van der Waals surface area contributed by atoms with Crippen LogP contribution in [0.4, 0.5) is 0 Å². The average Bonchev–Trinajstić information content (AvgIpc) is 2.10. The number of carbonyl (C=O) groups excluding carboxylic acids is 1. The molecular formula is C9H18N2O. The summed E-state index contributed by atoms with van der Waals surface area (Å²) in [6.45, 7) is 7.57. The van der Waals surface area contributed by atoms with Gasteiger partial charge in [-0.25, -0.2) is 0 Å². The van der Waals surface area contributed by atoms with Crippen molar-refractivity contribution in [2.45, 2.75) is 13.3 Å². The predicted octanol–water partition coefficient (Wildman–Crippen LogP) is 0.630. The van der Waals surface area contributed by atoms with E-state index in [2.05, 4.69) is 11.9 Å². The normalized spacial score (nSPS) is 9.50. The standard InChI is InChI=1S/C9H18N2O/c1-4-6-7-10-8-9(12)11(3)5-2/h4,10H,1,5-8H2,2-3H3. The largest absolute Gasteiger partial charge is 0.345 e. The summed E-state index contributed by atoms with van der Waals surface area (Å²) in [4.78, 5) is 12.9. The quantitative estimate of drug-likeness (QED) is 0.468. The van der Waals surface area contributed by atoms with E-state index in [1.165, 1.54) is 0 Å². The van der Waals surface area contributed by atoms with Gasteiger partial charge in [0.25, 0.3) is 0 Å². The van der Waals surface area contributed by atoms with E-state index in [1.807, 2.05) is 13.0 Å². The van der Waals surface area contributed by atoms with E-state index < -0.39 is 0 Å². The monoisotopic (exact) mass is 170 g/mol. The molecule has 0 saturated heterocycles. The smallest absolute Gasteiger partial charge is 0.236 e. The van der Waals surface area contributed by atoms with E-state index in [4.69, 9.17) is 0 Å². The summed E-state index contributed by atoms with van der Waals surface area (Å²) in [5, 5.41) is 3.04. The van der Waals surface area contributed by atoms with Crippen molar-refractivity contribution < 1.29 is 4.79 Å². The first-order valence-electron chi connectivity index (χ1n) is 4.28. The van der Waals surface area contributed by atoms with E-state index in [1.54, 1.807) is 11.9 Å². The highest BCUT2D eigenvalue weighted by Crippen LogP contribution is 1.82. The van der Waals surface area contributed by atoms with Crippen LogP contribution in [-0.2, 0) is 4.79 Å². The summed E-state index contributed by atoms with van der Waals surface area (Å²) in [7, 11) is 1.80. The zero-order valence-electron chi connectivity index (χ0n) is 7.97. The van der Waals surface area contributed by atoms with Crippen LogP contribution in [0.1, 0.15) is 13.3 Å². The Labute approximate surface area is 74.4 Å². The van der Waals surface area contributed by atoms with Crippen molar-refractivity contribution in [3.8, 4) is 0 Å². The Morgan fingerprint density at radius 1 is 1.67 bits per heavy atom. The van der Waals surface area contributed by atoms with Crippen LogP contribution in [0, 0.1) is 0 Å². The molecular weight excluding hydrogens is 152 g/mol. The molecule has 3 nitrogen and oxygen atoms in total. The van der Waals surface area contributed by atoms with Crippen LogP contribution in [0.3, 0.4) is 0 Å². The molecule has 0 fully saturated rings. The zero-order valence-corrected chi connectivity index (χ0v) is 7.97. The number of likely N-dealkylation sites (N-methyl/N-ethyl adjacent to an activating group) is 1. The van der Waals surface area contributed by atoms with Crippen LogP contribution in [0.5, 0.6) is 0 Å². The van der Waals surface area contributed by atoms with Gasteiger partial charge in [-0.15, -0.1) is 6.58 Å². The Morgan fingerprint density at radius 2 is 2.33 bits per heavy atom. The van der Waals surface area contributed by atoms with Gasteiger partial charge in [0.1, 0.15) is 0 Å². The molecule has 0 aliphatic heterocycles. The third kappa shape index (κ3) is 4.91. The highest BCUT2D eigenvalue weighted by Gasteiger charge is 2.03. The van der Waals surface area contributed by atoms with Crippen molar-refractivity contribution in [1.82, 2.24) is 10.2 Å². The Morgan fingerprint density at radius 3 is 2.83 bits per heavy atom. The lowest BCUT2D eigenvalue weighted by Crippen LogP contribution is -2.35. The average molecular weight is 170 g/mol. The summed E-state index contributed by atoms with van der Waals surface area (Å²) in [5.41, 5.74) is 0. The van der Waals surface area contributed by atoms with E-state index in [-0.39, 0.29) is 5.91 Å².